The van der Waals surface area contributed by atoms with Crippen molar-refractivity contribution >= 4 is 22.5 Å². The van der Waals surface area contributed by atoms with Crippen molar-refractivity contribution < 1.29 is 9.72 Å². The van der Waals surface area contributed by atoms with E-state index in [1.807, 2.05) is 0 Å². The number of fused-ring (bicyclic) bond motifs is 1. The number of non-ortho nitro benzene ring substituents is 1. The number of aromatic nitrogens is 2. The third-order valence-corrected chi connectivity index (χ3v) is 2.31. The average Bonchev–Trinajstić information content (AvgIpc) is 2.71. The second-order valence-electron chi connectivity index (χ2n) is 3.42. The molecular weight excluding hydrogens is 224 g/mol. The van der Waals surface area contributed by atoms with E-state index in [0.717, 1.165) is 0 Å². The van der Waals surface area contributed by atoms with E-state index in [0.29, 0.717) is 17.4 Å². The summed E-state index contributed by atoms with van der Waals surface area (Å²) >= 11 is 0. The van der Waals surface area contributed by atoms with E-state index in [4.69, 9.17) is 0 Å². The van der Waals surface area contributed by atoms with Crippen molar-refractivity contribution in [2.75, 3.05) is 6.54 Å². The summed E-state index contributed by atoms with van der Waals surface area (Å²) in [6, 6.07) is 4.23. The summed E-state index contributed by atoms with van der Waals surface area (Å²) in [5, 5.41) is 20.2. The van der Waals surface area contributed by atoms with Gasteiger partial charge in [-0.2, -0.15) is 5.10 Å². The zero-order chi connectivity index (χ0) is 12.4. The number of carbonyl (C=O) groups excluding carboxylic acids is 1. The van der Waals surface area contributed by atoms with Crippen molar-refractivity contribution in [3.63, 3.8) is 0 Å². The van der Waals surface area contributed by atoms with Crippen molar-refractivity contribution in [3.05, 3.63) is 34.0 Å². The van der Waals surface area contributed by atoms with Crippen molar-refractivity contribution in [2.45, 2.75) is 6.92 Å². The molecule has 0 saturated carbocycles. The van der Waals surface area contributed by atoms with Crippen LogP contribution in [0.4, 0.5) is 5.69 Å². The lowest BCUT2D eigenvalue weighted by Gasteiger charge is -1.98. The first-order valence-corrected chi connectivity index (χ1v) is 5.04. The molecule has 1 aromatic carbocycles. The number of carbonyl (C=O) groups is 1. The van der Waals surface area contributed by atoms with Crippen LogP contribution in [-0.4, -0.2) is 27.6 Å². The van der Waals surface area contributed by atoms with Gasteiger partial charge in [0.25, 0.3) is 11.6 Å². The topological polar surface area (TPSA) is 101 Å². The predicted molar refractivity (Wildman–Crippen MR) is 60.8 cm³/mol. The van der Waals surface area contributed by atoms with Crippen LogP contribution >= 0.6 is 0 Å². The van der Waals surface area contributed by atoms with Crippen molar-refractivity contribution in [1.29, 1.82) is 0 Å². The fourth-order valence-electron chi connectivity index (χ4n) is 1.53. The second-order valence-corrected chi connectivity index (χ2v) is 3.42. The number of benzene rings is 1. The Hall–Kier alpha value is -2.44. The number of rotatable bonds is 3. The maximum absolute atomic E-state index is 11.6. The van der Waals surface area contributed by atoms with Gasteiger partial charge in [-0.1, -0.05) is 0 Å². The molecule has 0 fully saturated rings. The van der Waals surface area contributed by atoms with Crippen LogP contribution < -0.4 is 5.32 Å². The Balaban J connectivity index is 2.54. The molecule has 0 radical (unpaired) electrons. The maximum atomic E-state index is 11.6. The van der Waals surface area contributed by atoms with Crippen LogP contribution in [0.15, 0.2) is 18.2 Å². The lowest BCUT2D eigenvalue weighted by atomic mass is 10.2. The van der Waals surface area contributed by atoms with Gasteiger partial charge in [0.15, 0.2) is 5.69 Å². The lowest BCUT2D eigenvalue weighted by molar-refractivity contribution is -0.384. The Morgan fingerprint density at radius 3 is 3.00 bits per heavy atom. The van der Waals surface area contributed by atoms with Gasteiger partial charge in [-0.25, -0.2) is 0 Å². The van der Waals surface area contributed by atoms with E-state index in [1.54, 1.807) is 6.92 Å². The number of nitro groups is 1. The molecule has 0 aliphatic carbocycles. The average molecular weight is 234 g/mol. The Morgan fingerprint density at radius 2 is 2.35 bits per heavy atom. The van der Waals surface area contributed by atoms with Crippen LogP contribution in [0.25, 0.3) is 10.9 Å². The summed E-state index contributed by atoms with van der Waals surface area (Å²) in [6.07, 6.45) is 0. The highest BCUT2D eigenvalue weighted by Gasteiger charge is 2.16. The van der Waals surface area contributed by atoms with Gasteiger partial charge < -0.3 is 5.32 Å². The summed E-state index contributed by atoms with van der Waals surface area (Å²) in [5.41, 5.74) is 0.701. The van der Waals surface area contributed by atoms with Gasteiger partial charge in [-0.05, 0) is 13.0 Å². The van der Waals surface area contributed by atoms with Gasteiger partial charge >= 0.3 is 0 Å². The minimum Gasteiger partial charge on any atom is -0.351 e. The first-order chi connectivity index (χ1) is 8.13. The van der Waals surface area contributed by atoms with E-state index < -0.39 is 4.92 Å². The molecule has 1 aromatic heterocycles. The molecule has 0 aliphatic rings. The van der Waals surface area contributed by atoms with Crippen LogP contribution in [0, 0.1) is 10.1 Å². The van der Waals surface area contributed by atoms with Crippen molar-refractivity contribution in [2.24, 2.45) is 0 Å². The molecule has 0 saturated heterocycles. The number of hydrogen-bond donors (Lipinski definition) is 2. The zero-order valence-electron chi connectivity index (χ0n) is 9.06. The quantitative estimate of drug-likeness (QED) is 0.615. The molecule has 0 bridgehead atoms. The van der Waals surface area contributed by atoms with Gasteiger partial charge in [-0.3, -0.25) is 20.0 Å². The monoisotopic (exact) mass is 234 g/mol. The van der Waals surface area contributed by atoms with Crippen LogP contribution in [-0.2, 0) is 0 Å². The second kappa shape index (κ2) is 4.20. The summed E-state index contributed by atoms with van der Waals surface area (Å²) in [7, 11) is 0. The first kappa shape index (κ1) is 11.1. The van der Waals surface area contributed by atoms with E-state index in [1.165, 1.54) is 18.2 Å². The van der Waals surface area contributed by atoms with Crippen LogP contribution in [0.2, 0.25) is 0 Å². The fourth-order valence-corrected chi connectivity index (χ4v) is 1.53. The highest BCUT2D eigenvalue weighted by Crippen LogP contribution is 2.21. The van der Waals surface area contributed by atoms with Crippen LogP contribution in [0.1, 0.15) is 17.4 Å². The third kappa shape index (κ3) is 1.94. The van der Waals surface area contributed by atoms with E-state index in [-0.39, 0.29) is 17.3 Å². The number of amides is 1. The van der Waals surface area contributed by atoms with Crippen molar-refractivity contribution in [3.8, 4) is 0 Å². The van der Waals surface area contributed by atoms with Gasteiger partial charge in [0.05, 0.1) is 10.4 Å². The molecule has 0 atom stereocenters. The number of H-pyrrole nitrogens is 1. The maximum Gasteiger partial charge on any atom is 0.272 e. The molecule has 7 heteroatoms. The van der Waals surface area contributed by atoms with Gasteiger partial charge in [0, 0.05) is 24.1 Å². The molecule has 2 rings (SSSR count). The van der Waals surface area contributed by atoms with Gasteiger partial charge in [0.1, 0.15) is 0 Å². The normalized spacial score (nSPS) is 10.4. The Kier molecular flexibility index (Phi) is 2.73. The molecule has 0 unspecified atom stereocenters. The van der Waals surface area contributed by atoms with Gasteiger partial charge in [0.2, 0.25) is 0 Å². The minimum absolute atomic E-state index is 0.0653. The Morgan fingerprint density at radius 1 is 1.59 bits per heavy atom. The molecular formula is C10H10N4O3. The number of nitro benzene ring substituents is 1. The fraction of sp³-hybridized carbons (Fsp3) is 0.200. The van der Waals surface area contributed by atoms with E-state index in [9.17, 15) is 14.9 Å². The summed E-state index contributed by atoms with van der Waals surface area (Å²) in [6.45, 7) is 2.26. The third-order valence-electron chi connectivity index (χ3n) is 2.31. The number of hydrogen-bond acceptors (Lipinski definition) is 4. The molecule has 0 spiro atoms. The standard InChI is InChI=1S/C10H10N4O3/c1-2-11-10(15)9-7-5-6(14(16)17)3-4-8(7)12-13-9/h3-5H,2H2,1H3,(H,11,15)(H,12,13). The minimum atomic E-state index is -0.506. The van der Waals surface area contributed by atoms with E-state index in [2.05, 4.69) is 15.5 Å². The summed E-state index contributed by atoms with van der Waals surface area (Å²) < 4.78 is 0. The summed E-state index contributed by atoms with van der Waals surface area (Å²) in [5.74, 6) is -0.348. The highest BCUT2D eigenvalue weighted by atomic mass is 16.6. The first-order valence-electron chi connectivity index (χ1n) is 5.04. The highest BCUT2D eigenvalue weighted by molar-refractivity contribution is 6.05. The molecule has 1 heterocycles. The molecule has 17 heavy (non-hydrogen) atoms. The molecule has 88 valence electrons. The van der Waals surface area contributed by atoms with Crippen LogP contribution in [0.5, 0.6) is 0 Å². The number of nitrogens with zero attached hydrogens (tertiary/aromatic N) is 2. The van der Waals surface area contributed by atoms with Gasteiger partial charge in [-0.15, -0.1) is 0 Å². The zero-order valence-corrected chi connectivity index (χ0v) is 9.06. The smallest absolute Gasteiger partial charge is 0.272 e. The Bertz CT molecular complexity index is 590. The molecule has 1 amide bonds. The molecule has 7 nitrogen and oxygen atoms in total. The largest absolute Gasteiger partial charge is 0.351 e. The lowest BCUT2D eigenvalue weighted by Crippen LogP contribution is -2.23. The number of aromatic amines is 1. The Labute approximate surface area is 96.0 Å². The predicted octanol–water partition coefficient (Wildman–Crippen LogP) is 1.22. The molecule has 2 N–H and O–H groups in total. The summed E-state index contributed by atoms with van der Waals surface area (Å²) in [4.78, 5) is 21.8. The SMILES string of the molecule is CCNC(=O)c1n[nH]c2ccc([N+](=O)[O-])cc12. The van der Waals surface area contributed by atoms with E-state index >= 15 is 0 Å². The van der Waals surface area contributed by atoms with Crippen molar-refractivity contribution in [1.82, 2.24) is 15.5 Å². The molecule has 0 aliphatic heterocycles. The molecule has 2 aromatic rings. The van der Waals surface area contributed by atoms with Crippen LogP contribution in [0.3, 0.4) is 0 Å². The number of nitrogens with one attached hydrogen (secondary N) is 2.